The Bertz CT molecular complexity index is 619. The molecule has 19 heavy (non-hydrogen) atoms. The minimum absolute atomic E-state index is 0.0171. The molecule has 0 bridgehead atoms. The zero-order chi connectivity index (χ0) is 13.8. The summed E-state index contributed by atoms with van der Waals surface area (Å²) in [5.74, 6) is -0.373. The van der Waals surface area contributed by atoms with Crippen LogP contribution in [-0.2, 0) is 6.54 Å². The largest absolute Gasteiger partial charge is 0.381 e. The molecule has 0 atom stereocenters. The molecule has 2 aromatic rings. The molecule has 0 radical (unpaired) electrons. The second-order valence-corrected chi connectivity index (χ2v) is 4.33. The molecule has 0 spiro atoms. The zero-order valence-corrected chi connectivity index (χ0v) is 10.5. The highest BCUT2D eigenvalue weighted by Crippen LogP contribution is 2.19. The lowest BCUT2D eigenvalue weighted by Crippen LogP contribution is -2.02. The van der Waals surface area contributed by atoms with Crippen LogP contribution in [-0.4, -0.2) is 4.92 Å². The predicted molar refractivity (Wildman–Crippen MR) is 71.8 cm³/mol. The molecule has 4 nitrogen and oxygen atoms in total. The summed E-state index contributed by atoms with van der Waals surface area (Å²) in [6.07, 6.45) is 0. The lowest BCUT2D eigenvalue weighted by molar-refractivity contribution is -0.384. The molecule has 98 valence electrons. The molecular formula is C13H10ClFN2O2. The van der Waals surface area contributed by atoms with E-state index in [9.17, 15) is 14.5 Å². The van der Waals surface area contributed by atoms with Crippen molar-refractivity contribution in [2.45, 2.75) is 6.54 Å². The van der Waals surface area contributed by atoms with E-state index in [1.807, 2.05) is 0 Å². The maximum absolute atomic E-state index is 13.5. The van der Waals surface area contributed by atoms with Gasteiger partial charge in [0.05, 0.1) is 4.92 Å². The third-order valence-corrected chi connectivity index (χ3v) is 2.78. The molecule has 0 amide bonds. The average molecular weight is 281 g/mol. The van der Waals surface area contributed by atoms with Crippen LogP contribution in [0.25, 0.3) is 0 Å². The quantitative estimate of drug-likeness (QED) is 0.680. The Balaban J connectivity index is 2.12. The minimum Gasteiger partial charge on any atom is -0.381 e. The van der Waals surface area contributed by atoms with Gasteiger partial charge >= 0.3 is 0 Å². The highest BCUT2D eigenvalue weighted by Gasteiger charge is 2.07. The molecule has 0 saturated carbocycles. The monoisotopic (exact) mass is 280 g/mol. The third-order valence-electron chi connectivity index (χ3n) is 2.55. The highest BCUT2D eigenvalue weighted by molar-refractivity contribution is 6.30. The van der Waals surface area contributed by atoms with Gasteiger partial charge in [0, 0.05) is 35.0 Å². The molecule has 1 N–H and O–H groups in total. The number of rotatable bonds is 4. The number of nitrogens with zero attached hydrogens (tertiary/aromatic N) is 1. The molecule has 2 rings (SSSR count). The Labute approximate surface area is 114 Å². The molecule has 0 aliphatic heterocycles. The number of anilines is 1. The molecule has 0 unspecified atom stereocenters. The number of benzene rings is 2. The van der Waals surface area contributed by atoms with Gasteiger partial charge < -0.3 is 5.32 Å². The molecule has 6 heteroatoms. The number of nitro groups is 1. The smallest absolute Gasteiger partial charge is 0.271 e. The van der Waals surface area contributed by atoms with Crippen molar-refractivity contribution >= 4 is 23.0 Å². The second-order valence-electron chi connectivity index (χ2n) is 3.90. The van der Waals surface area contributed by atoms with E-state index in [1.54, 1.807) is 12.1 Å². The second kappa shape index (κ2) is 5.67. The van der Waals surface area contributed by atoms with E-state index < -0.39 is 4.92 Å². The van der Waals surface area contributed by atoms with Crippen LogP contribution in [0, 0.1) is 15.9 Å². The summed E-state index contributed by atoms with van der Waals surface area (Å²) >= 11 is 5.78. The number of hydrogen-bond acceptors (Lipinski definition) is 3. The number of nitro benzene ring substituents is 1. The van der Waals surface area contributed by atoms with Gasteiger partial charge in [0.2, 0.25) is 0 Å². The van der Waals surface area contributed by atoms with Crippen molar-refractivity contribution in [3.8, 4) is 0 Å². The van der Waals surface area contributed by atoms with E-state index in [4.69, 9.17) is 11.6 Å². The van der Waals surface area contributed by atoms with E-state index >= 15 is 0 Å². The third kappa shape index (κ3) is 3.42. The highest BCUT2D eigenvalue weighted by atomic mass is 35.5. The lowest BCUT2D eigenvalue weighted by Gasteiger charge is -2.07. The molecule has 0 saturated heterocycles. The zero-order valence-electron chi connectivity index (χ0n) is 9.77. The summed E-state index contributed by atoms with van der Waals surface area (Å²) in [7, 11) is 0. The number of non-ortho nitro benzene ring substituents is 1. The van der Waals surface area contributed by atoms with Crippen molar-refractivity contribution < 1.29 is 9.31 Å². The summed E-state index contributed by atoms with van der Waals surface area (Å²) < 4.78 is 13.5. The van der Waals surface area contributed by atoms with Crippen molar-refractivity contribution in [1.29, 1.82) is 0 Å². The number of halogens is 2. The molecular weight excluding hydrogens is 271 g/mol. The van der Waals surface area contributed by atoms with Gasteiger partial charge in [-0.2, -0.15) is 0 Å². The molecule has 0 aromatic heterocycles. The SMILES string of the molecule is O=[N+]([O-])c1cccc(NCc2cc(Cl)ccc2F)c1. The van der Waals surface area contributed by atoms with Crippen LogP contribution in [0.5, 0.6) is 0 Å². The molecule has 2 aromatic carbocycles. The first-order valence-electron chi connectivity index (χ1n) is 5.48. The number of hydrogen-bond donors (Lipinski definition) is 1. The van der Waals surface area contributed by atoms with Gasteiger partial charge in [0.15, 0.2) is 0 Å². The van der Waals surface area contributed by atoms with Gasteiger partial charge in [-0.3, -0.25) is 10.1 Å². The van der Waals surface area contributed by atoms with E-state index in [2.05, 4.69) is 5.32 Å². The number of nitrogens with one attached hydrogen (secondary N) is 1. The topological polar surface area (TPSA) is 55.2 Å². The van der Waals surface area contributed by atoms with Crippen LogP contribution in [0.2, 0.25) is 5.02 Å². The first-order valence-corrected chi connectivity index (χ1v) is 5.86. The van der Waals surface area contributed by atoms with Crippen LogP contribution in [0.4, 0.5) is 15.8 Å². The summed E-state index contributed by atoms with van der Waals surface area (Å²) in [4.78, 5) is 10.1. The van der Waals surface area contributed by atoms with E-state index in [0.717, 1.165) is 0 Å². The van der Waals surface area contributed by atoms with Gasteiger partial charge in [-0.1, -0.05) is 17.7 Å². The maximum atomic E-state index is 13.5. The summed E-state index contributed by atoms with van der Waals surface area (Å²) in [6, 6.07) is 10.3. The molecule has 0 fully saturated rings. The Morgan fingerprint density at radius 2 is 2.05 bits per heavy atom. The molecule has 0 aliphatic rings. The van der Waals surface area contributed by atoms with Crippen molar-refractivity contribution in [1.82, 2.24) is 0 Å². The van der Waals surface area contributed by atoms with Gasteiger partial charge in [0.25, 0.3) is 5.69 Å². The van der Waals surface area contributed by atoms with Gasteiger partial charge in [-0.05, 0) is 24.3 Å². The van der Waals surface area contributed by atoms with E-state index in [1.165, 1.54) is 30.3 Å². The van der Waals surface area contributed by atoms with E-state index in [0.29, 0.717) is 16.3 Å². The van der Waals surface area contributed by atoms with Crippen LogP contribution in [0.1, 0.15) is 5.56 Å². The van der Waals surface area contributed by atoms with Crippen LogP contribution >= 0.6 is 11.6 Å². The van der Waals surface area contributed by atoms with Crippen molar-refractivity contribution in [2.24, 2.45) is 0 Å². The van der Waals surface area contributed by atoms with Crippen LogP contribution in [0.3, 0.4) is 0 Å². The van der Waals surface area contributed by atoms with Gasteiger partial charge in [0.1, 0.15) is 5.82 Å². The van der Waals surface area contributed by atoms with Crippen molar-refractivity contribution in [3.63, 3.8) is 0 Å². The van der Waals surface area contributed by atoms with Crippen LogP contribution < -0.4 is 5.32 Å². The Hall–Kier alpha value is -2.14. The summed E-state index contributed by atoms with van der Waals surface area (Å²) in [5, 5.41) is 14.0. The fourth-order valence-electron chi connectivity index (χ4n) is 1.61. The summed E-state index contributed by atoms with van der Waals surface area (Å²) in [5.41, 5.74) is 0.934. The maximum Gasteiger partial charge on any atom is 0.271 e. The van der Waals surface area contributed by atoms with E-state index in [-0.39, 0.29) is 18.0 Å². The average Bonchev–Trinajstić information content (AvgIpc) is 2.40. The first-order chi connectivity index (χ1) is 9.06. The molecule has 0 heterocycles. The lowest BCUT2D eigenvalue weighted by atomic mass is 10.2. The standard InChI is InChI=1S/C13H10ClFN2O2/c14-10-4-5-13(15)9(6-10)8-16-11-2-1-3-12(7-11)17(18)19/h1-7,16H,8H2. The van der Waals surface area contributed by atoms with Crippen molar-refractivity contribution in [2.75, 3.05) is 5.32 Å². The summed E-state index contributed by atoms with van der Waals surface area (Å²) in [6.45, 7) is 0.202. The Kier molecular flexibility index (Phi) is 3.97. The normalized spacial score (nSPS) is 10.2. The Morgan fingerprint density at radius 3 is 2.79 bits per heavy atom. The fourth-order valence-corrected chi connectivity index (χ4v) is 1.80. The minimum atomic E-state index is -0.481. The van der Waals surface area contributed by atoms with Gasteiger partial charge in [-0.15, -0.1) is 0 Å². The van der Waals surface area contributed by atoms with Crippen LogP contribution in [0.15, 0.2) is 42.5 Å². The van der Waals surface area contributed by atoms with Crippen molar-refractivity contribution in [3.05, 3.63) is 69.0 Å². The predicted octanol–water partition coefficient (Wildman–Crippen LogP) is 4.00. The Morgan fingerprint density at radius 1 is 1.26 bits per heavy atom. The molecule has 0 aliphatic carbocycles. The fraction of sp³-hybridized carbons (Fsp3) is 0.0769. The van der Waals surface area contributed by atoms with Gasteiger partial charge in [-0.25, -0.2) is 4.39 Å². The first kappa shape index (κ1) is 13.3.